The molecule has 0 aromatic heterocycles. The largest absolute Gasteiger partial charge is 0.467 e. The molecule has 1 atom stereocenters. The van der Waals surface area contributed by atoms with Gasteiger partial charge in [0.2, 0.25) is 0 Å². The Bertz CT molecular complexity index is 517. The summed E-state index contributed by atoms with van der Waals surface area (Å²) in [6, 6.07) is 4.76. The molecule has 1 aromatic carbocycles. The number of carbonyl (C=O) groups excluding carboxylic acids is 2. The van der Waals surface area contributed by atoms with Crippen molar-refractivity contribution in [1.82, 2.24) is 4.90 Å². The van der Waals surface area contributed by atoms with Gasteiger partial charge in [-0.1, -0.05) is 23.7 Å². The van der Waals surface area contributed by atoms with E-state index in [9.17, 15) is 9.59 Å². The maximum atomic E-state index is 11.8. The average molecular weight is 284 g/mol. The molecule has 0 bridgehead atoms. The smallest absolute Gasteiger partial charge is 0.410 e. The molecular weight excluding hydrogens is 270 g/mol. The molecule has 0 saturated carbocycles. The summed E-state index contributed by atoms with van der Waals surface area (Å²) in [7, 11) is 2.57. The summed E-state index contributed by atoms with van der Waals surface area (Å²) in [5, 5.41) is 0.593. The fraction of sp³-hybridized carbons (Fsp3) is 0.385. The number of halogens is 1. The van der Waals surface area contributed by atoms with Crippen molar-refractivity contribution in [3.05, 3.63) is 34.3 Å². The Morgan fingerprint density at radius 3 is 2.68 bits per heavy atom. The Kier molecular flexibility index (Phi) is 3.95. The van der Waals surface area contributed by atoms with Gasteiger partial charge < -0.3 is 9.47 Å². The summed E-state index contributed by atoms with van der Waals surface area (Å²) in [4.78, 5) is 24.9. The number of benzene rings is 1. The lowest BCUT2D eigenvalue weighted by Gasteiger charge is -2.34. The Labute approximate surface area is 116 Å². The van der Waals surface area contributed by atoms with E-state index >= 15 is 0 Å². The number of hydrogen-bond acceptors (Lipinski definition) is 4. The molecule has 1 aliphatic heterocycles. The molecule has 102 valence electrons. The summed E-state index contributed by atoms with van der Waals surface area (Å²) in [5.41, 5.74) is 1.79. The Balaban J connectivity index is 2.39. The number of carbonyl (C=O) groups is 2. The third kappa shape index (κ3) is 2.51. The van der Waals surface area contributed by atoms with Crippen molar-refractivity contribution in [1.29, 1.82) is 0 Å². The van der Waals surface area contributed by atoms with Gasteiger partial charge in [-0.2, -0.15) is 0 Å². The summed E-state index contributed by atoms with van der Waals surface area (Å²) in [5.74, 6) is -0.476. The molecule has 0 spiro atoms. The van der Waals surface area contributed by atoms with Gasteiger partial charge >= 0.3 is 12.1 Å². The van der Waals surface area contributed by atoms with Crippen LogP contribution >= 0.6 is 11.6 Å². The van der Waals surface area contributed by atoms with Gasteiger partial charge in [0, 0.05) is 11.4 Å². The van der Waals surface area contributed by atoms with Gasteiger partial charge in [0.15, 0.2) is 0 Å². The van der Waals surface area contributed by atoms with Crippen LogP contribution in [-0.2, 0) is 27.2 Å². The van der Waals surface area contributed by atoms with Crippen LogP contribution in [0.5, 0.6) is 0 Å². The monoisotopic (exact) mass is 283 g/mol. The van der Waals surface area contributed by atoms with Crippen LogP contribution < -0.4 is 0 Å². The minimum atomic E-state index is -0.704. The Hall–Kier alpha value is -1.75. The van der Waals surface area contributed by atoms with Crippen LogP contribution in [0.4, 0.5) is 4.79 Å². The molecule has 1 aromatic rings. The van der Waals surface area contributed by atoms with Crippen molar-refractivity contribution < 1.29 is 19.1 Å². The van der Waals surface area contributed by atoms with Gasteiger partial charge in [-0.25, -0.2) is 9.59 Å². The van der Waals surface area contributed by atoms with Crippen LogP contribution in [0.1, 0.15) is 11.1 Å². The van der Waals surface area contributed by atoms with Crippen LogP contribution in [0.15, 0.2) is 18.2 Å². The van der Waals surface area contributed by atoms with E-state index in [0.717, 1.165) is 11.1 Å². The maximum absolute atomic E-state index is 11.8. The predicted octanol–water partition coefficient (Wildman–Crippen LogP) is 2.01. The van der Waals surface area contributed by atoms with E-state index in [4.69, 9.17) is 21.1 Å². The number of methoxy groups -OCH3 is 2. The van der Waals surface area contributed by atoms with Crippen molar-refractivity contribution in [2.75, 3.05) is 14.2 Å². The first-order chi connectivity index (χ1) is 9.08. The van der Waals surface area contributed by atoms with Crippen LogP contribution in [-0.4, -0.2) is 37.2 Å². The van der Waals surface area contributed by atoms with Gasteiger partial charge in [-0.3, -0.25) is 4.90 Å². The first kappa shape index (κ1) is 13.7. The zero-order valence-corrected chi connectivity index (χ0v) is 11.4. The molecule has 1 unspecified atom stereocenters. The average Bonchev–Trinajstić information content (AvgIpc) is 2.44. The number of rotatable bonds is 1. The highest BCUT2D eigenvalue weighted by molar-refractivity contribution is 6.31. The zero-order chi connectivity index (χ0) is 14.0. The highest BCUT2D eigenvalue weighted by Crippen LogP contribution is 2.29. The van der Waals surface area contributed by atoms with Crippen molar-refractivity contribution in [3.63, 3.8) is 0 Å². The fourth-order valence-electron chi connectivity index (χ4n) is 2.23. The lowest BCUT2D eigenvalue weighted by atomic mass is 9.94. The van der Waals surface area contributed by atoms with Gasteiger partial charge in [-0.15, -0.1) is 0 Å². The van der Waals surface area contributed by atoms with Crippen molar-refractivity contribution in [3.8, 4) is 0 Å². The van der Waals surface area contributed by atoms with Crippen LogP contribution in [0.25, 0.3) is 0 Å². The van der Waals surface area contributed by atoms with Gasteiger partial charge in [0.05, 0.1) is 20.8 Å². The zero-order valence-electron chi connectivity index (χ0n) is 10.7. The van der Waals surface area contributed by atoms with Crippen molar-refractivity contribution in [2.45, 2.75) is 19.0 Å². The number of amides is 1. The fourth-order valence-corrected chi connectivity index (χ4v) is 2.50. The third-order valence-electron chi connectivity index (χ3n) is 3.21. The van der Waals surface area contributed by atoms with Gasteiger partial charge in [0.1, 0.15) is 6.04 Å². The highest BCUT2D eigenvalue weighted by atomic mass is 35.5. The molecule has 0 aliphatic carbocycles. The summed E-state index contributed by atoms with van der Waals surface area (Å²) < 4.78 is 9.44. The van der Waals surface area contributed by atoms with E-state index in [-0.39, 0.29) is 6.54 Å². The molecular formula is C13H14ClNO4. The lowest BCUT2D eigenvalue weighted by Crippen LogP contribution is -2.49. The van der Waals surface area contributed by atoms with E-state index in [1.165, 1.54) is 19.1 Å². The molecule has 0 fully saturated rings. The van der Waals surface area contributed by atoms with E-state index in [1.54, 1.807) is 6.07 Å². The molecule has 1 heterocycles. The second kappa shape index (κ2) is 5.48. The van der Waals surface area contributed by atoms with Crippen LogP contribution in [0, 0.1) is 0 Å². The van der Waals surface area contributed by atoms with E-state index in [2.05, 4.69) is 0 Å². The van der Waals surface area contributed by atoms with E-state index < -0.39 is 18.1 Å². The lowest BCUT2D eigenvalue weighted by molar-refractivity contribution is -0.146. The molecule has 19 heavy (non-hydrogen) atoms. The van der Waals surface area contributed by atoms with Gasteiger partial charge in [-0.05, 0) is 17.2 Å². The number of nitrogens with zero attached hydrogens (tertiary/aromatic N) is 1. The quantitative estimate of drug-likeness (QED) is 0.740. The SMILES string of the molecule is COC(=O)C1Cc2c(Cl)cccc2CN1C(=O)OC. The topological polar surface area (TPSA) is 55.8 Å². The molecule has 1 aliphatic rings. The molecule has 2 rings (SSSR count). The number of esters is 1. The first-order valence-corrected chi connectivity index (χ1v) is 6.15. The van der Waals surface area contributed by atoms with Crippen LogP contribution in [0.2, 0.25) is 5.02 Å². The second-order valence-electron chi connectivity index (χ2n) is 4.22. The number of ether oxygens (including phenoxy) is 2. The maximum Gasteiger partial charge on any atom is 0.410 e. The molecule has 0 N–H and O–H groups in total. The number of hydrogen-bond donors (Lipinski definition) is 0. The molecule has 5 nitrogen and oxygen atoms in total. The molecule has 6 heteroatoms. The van der Waals surface area contributed by atoms with E-state index in [1.807, 2.05) is 12.1 Å². The molecule has 1 amide bonds. The minimum Gasteiger partial charge on any atom is -0.467 e. The predicted molar refractivity (Wildman–Crippen MR) is 68.9 cm³/mol. The van der Waals surface area contributed by atoms with Gasteiger partial charge in [0.25, 0.3) is 0 Å². The molecule has 0 saturated heterocycles. The highest BCUT2D eigenvalue weighted by Gasteiger charge is 2.36. The summed E-state index contributed by atoms with van der Waals surface area (Å²) in [6.07, 6.45) is -0.224. The van der Waals surface area contributed by atoms with E-state index in [0.29, 0.717) is 11.4 Å². The first-order valence-electron chi connectivity index (χ1n) is 5.77. The Morgan fingerprint density at radius 1 is 1.32 bits per heavy atom. The second-order valence-corrected chi connectivity index (χ2v) is 4.63. The van der Waals surface area contributed by atoms with Crippen LogP contribution in [0.3, 0.4) is 0 Å². The Morgan fingerprint density at radius 2 is 2.05 bits per heavy atom. The minimum absolute atomic E-state index is 0.280. The summed E-state index contributed by atoms with van der Waals surface area (Å²) in [6.45, 7) is 0.280. The summed E-state index contributed by atoms with van der Waals surface area (Å²) >= 11 is 6.13. The van der Waals surface area contributed by atoms with Crippen molar-refractivity contribution in [2.24, 2.45) is 0 Å². The standard InChI is InChI=1S/C13H14ClNO4/c1-18-12(16)11-6-9-8(4-3-5-10(9)14)7-15(11)13(17)19-2/h3-5,11H,6-7H2,1-2H3. The van der Waals surface area contributed by atoms with Crippen molar-refractivity contribution >= 4 is 23.7 Å². The molecule has 0 radical (unpaired) electrons. The number of fused-ring (bicyclic) bond motifs is 1. The third-order valence-corrected chi connectivity index (χ3v) is 3.57. The normalized spacial score (nSPS) is 17.6.